The van der Waals surface area contributed by atoms with Crippen LogP contribution in [0.1, 0.15) is 28.1 Å². The fourth-order valence-electron chi connectivity index (χ4n) is 3.93. The SMILES string of the molecule is Cc1cc(C)c(NC(=O)CN(C)Cc2nc(-c3ccc4c(c3)OCCCO4)cs2)c(C)c1.Cl. The number of anilines is 1. The molecule has 176 valence electrons. The Bertz CT molecular complexity index is 1110. The molecule has 4 rings (SSSR count). The van der Waals surface area contributed by atoms with Crippen molar-refractivity contribution in [1.29, 1.82) is 0 Å². The highest BCUT2D eigenvalue weighted by molar-refractivity contribution is 7.09. The van der Waals surface area contributed by atoms with Crippen molar-refractivity contribution in [2.45, 2.75) is 33.7 Å². The molecule has 8 heteroatoms. The van der Waals surface area contributed by atoms with Crippen LogP contribution in [0.15, 0.2) is 35.7 Å². The number of benzene rings is 2. The summed E-state index contributed by atoms with van der Waals surface area (Å²) in [6, 6.07) is 10.1. The zero-order valence-corrected chi connectivity index (χ0v) is 21.1. The summed E-state index contributed by atoms with van der Waals surface area (Å²) < 4.78 is 11.5. The van der Waals surface area contributed by atoms with Gasteiger partial charge in [0.1, 0.15) is 5.01 Å². The van der Waals surface area contributed by atoms with Gasteiger partial charge in [-0.15, -0.1) is 23.7 Å². The number of carbonyl (C=O) groups is 1. The topological polar surface area (TPSA) is 63.7 Å². The normalized spacial score (nSPS) is 12.8. The number of aryl methyl sites for hydroxylation is 3. The number of rotatable bonds is 6. The number of halogens is 1. The molecule has 1 aliphatic rings. The monoisotopic (exact) mass is 487 g/mol. The average Bonchev–Trinajstić information content (AvgIpc) is 3.06. The Labute approximate surface area is 205 Å². The van der Waals surface area contributed by atoms with Crippen LogP contribution in [0, 0.1) is 20.8 Å². The molecule has 0 saturated heterocycles. The lowest BCUT2D eigenvalue weighted by atomic mass is 10.1. The molecule has 3 aromatic rings. The standard InChI is InChI=1S/C25H29N3O3S.ClH/c1-16-10-17(2)25(18(3)11-16)27-23(29)13-28(4)14-24-26-20(15-32-24)19-6-7-21-22(12-19)31-9-5-8-30-21;/h6-7,10-12,15H,5,8-9,13-14H2,1-4H3,(H,27,29);1H. The van der Waals surface area contributed by atoms with Crippen molar-refractivity contribution in [1.82, 2.24) is 9.88 Å². The van der Waals surface area contributed by atoms with Crippen LogP contribution in [0.5, 0.6) is 11.5 Å². The number of aromatic nitrogens is 1. The van der Waals surface area contributed by atoms with Gasteiger partial charge in [-0.25, -0.2) is 4.98 Å². The van der Waals surface area contributed by atoms with Crippen molar-refractivity contribution in [3.8, 4) is 22.8 Å². The maximum Gasteiger partial charge on any atom is 0.238 e. The molecule has 0 radical (unpaired) electrons. The lowest BCUT2D eigenvalue weighted by Crippen LogP contribution is -2.30. The molecule has 2 aromatic carbocycles. The maximum atomic E-state index is 12.6. The second kappa shape index (κ2) is 11.0. The third-order valence-electron chi connectivity index (χ3n) is 5.36. The van der Waals surface area contributed by atoms with E-state index in [9.17, 15) is 4.79 Å². The minimum atomic E-state index is -0.0257. The lowest BCUT2D eigenvalue weighted by molar-refractivity contribution is -0.117. The Morgan fingerprint density at radius 3 is 2.52 bits per heavy atom. The zero-order valence-electron chi connectivity index (χ0n) is 19.4. The highest BCUT2D eigenvalue weighted by atomic mass is 35.5. The van der Waals surface area contributed by atoms with Gasteiger partial charge in [-0.2, -0.15) is 0 Å². The van der Waals surface area contributed by atoms with Crippen molar-refractivity contribution in [2.75, 3.05) is 32.1 Å². The van der Waals surface area contributed by atoms with E-state index in [1.807, 2.05) is 49.4 Å². The smallest absolute Gasteiger partial charge is 0.238 e. The van der Waals surface area contributed by atoms with Crippen LogP contribution in [0.3, 0.4) is 0 Å². The number of likely N-dealkylation sites (N-methyl/N-ethyl adjacent to an activating group) is 1. The number of amides is 1. The van der Waals surface area contributed by atoms with Crippen LogP contribution in [0.25, 0.3) is 11.3 Å². The average molecular weight is 488 g/mol. The Morgan fingerprint density at radius 2 is 1.79 bits per heavy atom. The van der Waals surface area contributed by atoms with Gasteiger partial charge in [-0.1, -0.05) is 17.7 Å². The summed E-state index contributed by atoms with van der Waals surface area (Å²) in [4.78, 5) is 19.3. The van der Waals surface area contributed by atoms with Gasteiger partial charge in [-0.05, 0) is 57.1 Å². The van der Waals surface area contributed by atoms with Gasteiger partial charge in [0.25, 0.3) is 0 Å². The van der Waals surface area contributed by atoms with E-state index in [1.165, 1.54) is 5.56 Å². The van der Waals surface area contributed by atoms with Crippen LogP contribution < -0.4 is 14.8 Å². The number of hydrogen-bond acceptors (Lipinski definition) is 6. The van der Waals surface area contributed by atoms with Crippen LogP contribution in [-0.4, -0.2) is 42.6 Å². The van der Waals surface area contributed by atoms with Crippen LogP contribution in [-0.2, 0) is 11.3 Å². The van der Waals surface area contributed by atoms with E-state index in [2.05, 4.69) is 24.4 Å². The van der Waals surface area contributed by atoms with Gasteiger partial charge < -0.3 is 14.8 Å². The van der Waals surface area contributed by atoms with Crippen molar-refractivity contribution in [3.05, 3.63) is 57.4 Å². The number of thiazole rings is 1. The third kappa shape index (κ3) is 6.25. The molecule has 1 amide bonds. The summed E-state index contributed by atoms with van der Waals surface area (Å²) in [6.07, 6.45) is 0.883. The van der Waals surface area contributed by atoms with Crippen LogP contribution in [0.4, 0.5) is 5.69 Å². The number of ether oxygens (including phenoxy) is 2. The quantitative estimate of drug-likeness (QED) is 0.505. The summed E-state index contributed by atoms with van der Waals surface area (Å²) in [6.45, 7) is 8.35. The van der Waals surface area contributed by atoms with Gasteiger partial charge in [0.15, 0.2) is 11.5 Å². The molecule has 6 nitrogen and oxygen atoms in total. The number of carbonyl (C=O) groups excluding carboxylic acids is 1. The second-order valence-electron chi connectivity index (χ2n) is 8.33. The van der Waals surface area contributed by atoms with Crippen molar-refractivity contribution >= 4 is 35.3 Å². The van der Waals surface area contributed by atoms with Crippen LogP contribution in [0.2, 0.25) is 0 Å². The number of nitrogens with zero attached hydrogens (tertiary/aromatic N) is 2. The van der Waals surface area contributed by atoms with Crippen molar-refractivity contribution in [2.24, 2.45) is 0 Å². The molecular formula is C25H30ClN3O3S. The van der Waals surface area contributed by atoms with E-state index in [4.69, 9.17) is 14.5 Å². The van der Waals surface area contributed by atoms with Gasteiger partial charge in [0.05, 0.1) is 32.0 Å². The van der Waals surface area contributed by atoms with E-state index < -0.39 is 0 Å². The van der Waals surface area contributed by atoms with Gasteiger partial charge in [0, 0.05) is 23.1 Å². The highest BCUT2D eigenvalue weighted by Gasteiger charge is 2.15. The molecule has 0 spiro atoms. The molecule has 0 saturated carbocycles. The zero-order chi connectivity index (χ0) is 22.7. The molecule has 33 heavy (non-hydrogen) atoms. The molecule has 0 bridgehead atoms. The Kier molecular flexibility index (Phi) is 8.35. The van der Waals surface area contributed by atoms with Crippen molar-refractivity contribution < 1.29 is 14.3 Å². The summed E-state index contributed by atoms with van der Waals surface area (Å²) in [5, 5.41) is 6.07. The third-order valence-corrected chi connectivity index (χ3v) is 6.19. The minimum Gasteiger partial charge on any atom is -0.490 e. The fraction of sp³-hybridized carbons (Fsp3) is 0.360. The van der Waals surface area contributed by atoms with E-state index in [0.717, 1.165) is 51.0 Å². The lowest BCUT2D eigenvalue weighted by Gasteiger charge is -2.17. The molecule has 1 N–H and O–H groups in total. The molecule has 0 fully saturated rings. The van der Waals surface area contributed by atoms with Gasteiger partial charge in [-0.3, -0.25) is 9.69 Å². The molecule has 0 aliphatic carbocycles. The largest absolute Gasteiger partial charge is 0.490 e. The van der Waals surface area contributed by atoms with E-state index in [1.54, 1.807) is 11.3 Å². The predicted octanol–water partition coefficient (Wildman–Crippen LogP) is 5.39. The predicted molar refractivity (Wildman–Crippen MR) is 136 cm³/mol. The first-order chi connectivity index (χ1) is 15.4. The molecular weight excluding hydrogens is 458 g/mol. The molecule has 0 unspecified atom stereocenters. The van der Waals surface area contributed by atoms with E-state index >= 15 is 0 Å². The minimum absolute atomic E-state index is 0. The molecule has 1 aromatic heterocycles. The highest BCUT2D eigenvalue weighted by Crippen LogP contribution is 2.34. The summed E-state index contributed by atoms with van der Waals surface area (Å²) in [5.41, 5.74) is 6.17. The van der Waals surface area contributed by atoms with Crippen molar-refractivity contribution in [3.63, 3.8) is 0 Å². The summed E-state index contributed by atoms with van der Waals surface area (Å²) in [5.74, 6) is 1.53. The Morgan fingerprint density at radius 1 is 1.09 bits per heavy atom. The summed E-state index contributed by atoms with van der Waals surface area (Å²) >= 11 is 1.60. The van der Waals surface area contributed by atoms with E-state index in [0.29, 0.717) is 26.3 Å². The number of nitrogens with one attached hydrogen (secondary N) is 1. The molecule has 1 aliphatic heterocycles. The Balaban J connectivity index is 0.00000306. The Hall–Kier alpha value is -2.61. The first kappa shape index (κ1) is 25.0. The number of fused-ring (bicyclic) bond motifs is 1. The maximum absolute atomic E-state index is 12.6. The molecule has 0 atom stereocenters. The first-order valence-electron chi connectivity index (χ1n) is 10.8. The number of hydrogen-bond donors (Lipinski definition) is 1. The first-order valence-corrected chi connectivity index (χ1v) is 11.7. The van der Waals surface area contributed by atoms with Gasteiger partial charge in [0.2, 0.25) is 5.91 Å². The van der Waals surface area contributed by atoms with Crippen LogP contribution >= 0.6 is 23.7 Å². The summed E-state index contributed by atoms with van der Waals surface area (Å²) in [7, 11) is 1.93. The second-order valence-corrected chi connectivity index (χ2v) is 9.28. The fourth-order valence-corrected chi connectivity index (χ4v) is 4.81. The van der Waals surface area contributed by atoms with Gasteiger partial charge >= 0.3 is 0 Å². The molecule has 2 heterocycles. The van der Waals surface area contributed by atoms with E-state index in [-0.39, 0.29) is 18.3 Å².